The second kappa shape index (κ2) is 8.78. The predicted molar refractivity (Wildman–Crippen MR) is 86.1 cm³/mol. The maximum Gasteiger partial charge on any atom is 0.317 e. The fourth-order valence-electron chi connectivity index (χ4n) is 1.75. The zero-order valence-corrected chi connectivity index (χ0v) is 13.9. The molecular formula is C14H19Cl2NO2S. The molecule has 1 aromatic rings. The molecule has 3 nitrogen and oxygen atoms in total. The van der Waals surface area contributed by atoms with Crippen molar-refractivity contribution >= 4 is 40.9 Å². The van der Waals surface area contributed by atoms with E-state index in [-0.39, 0.29) is 12.6 Å². The SMILES string of the molecule is CCC(C)N(CCSc1cc(Cl)ccc1Cl)CC(=O)O. The van der Waals surface area contributed by atoms with Crippen molar-refractivity contribution < 1.29 is 9.90 Å². The summed E-state index contributed by atoms with van der Waals surface area (Å²) >= 11 is 13.6. The third-order valence-corrected chi connectivity index (χ3v) is 4.79. The molecule has 0 bridgehead atoms. The van der Waals surface area contributed by atoms with Gasteiger partial charge in [0.15, 0.2) is 0 Å². The van der Waals surface area contributed by atoms with Crippen molar-refractivity contribution in [3.05, 3.63) is 28.2 Å². The van der Waals surface area contributed by atoms with Gasteiger partial charge in [-0.2, -0.15) is 0 Å². The standard InChI is InChI=1S/C14H19Cl2NO2S/c1-3-10(2)17(9-14(18)19)6-7-20-13-8-11(15)4-5-12(13)16/h4-5,8,10H,3,6-7,9H2,1-2H3,(H,18,19). The zero-order chi connectivity index (χ0) is 15.1. The maximum atomic E-state index is 10.9. The molecule has 0 saturated carbocycles. The Kier molecular flexibility index (Phi) is 7.74. The van der Waals surface area contributed by atoms with Gasteiger partial charge in [-0.15, -0.1) is 11.8 Å². The van der Waals surface area contributed by atoms with E-state index in [2.05, 4.69) is 6.92 Å². The summed E-state index contributed by atoms with van der Waals surface area (Å²) < 4.78 is 0. The highest BCUT2D eigenvalue weighted by molar-refractivity contribution is 7.99. The average molecular weight is 336 g/mol. The zero-order valence-electron chi connectivity index (χ0n) is 11.6. The topological polar surface area (TPSA) is 40.5 Å². The van der Waals surface area contributed by atoms with Crippen LogP contribution in [-0.4, -0.2) is 40.9 Å². The molecule has 0 aliphatic carbocycles. The van der Waals surface area contributed by atoms with Crippen LogP contribution in [-0.2, 0) is 4.79 Å². The van der Waals surface area contributed by atoms with E-state index in [4.69, 9.17) is 28.3 Å². The highest BCUT2D eigenvalue weighted by atomic mass is 35.5. The van der Waals surface area contributed by atoms with E-state index in [1.54, 1.807) is 23.9 Å². The quantitative estimate of drug-likeness (QED) is 0.720. The Bertz CT molecular complexity index is 457. The lowest BCUT2D eigenvalue weighted by Crippen LogP contribution is -2.38. The Balaban J connectivity index is 2.55. The van der Waals surface area contributed by atoms with Gasteiger partial charge in [0.1, 0.15) is 0 Å². The number of hydrogen-bond donors (Lipinski definition) is 1. The molecule has 0 saturated heterocycles. The second-order valence-electron chi connectivity index (χ2n) is 4.54. The largest absolute Gasteiger partial charge is 0.480 e. The number of benzene rings is 1. The summed E-state index contributed by atoms with van der Waals surface area (Å²) in [6.45, 7) is 4.87. The first kappa shape index (κ1) is 17.6. The van der Waals surface area contributed by atoms with Gasteiger partial charge in [0.05, 0.1) is 11.6 Å². The maximum absolute atomic E-state index is 10.9. The molecule has 112 valence electrons. The lowest BCUT2D eigenvalue weighted by molar-refractivity contribution is -0.138. The van der Waals surface area contributed by atoms with Crippen LogP contribution in [0.4, 0.5) is 0 Å². The molecule has 1 N–H and O–H groups in total. The van der Waals surface area contributed by atoms with E-state index in [0.717, 1.165) is 17.1 Å². The van der Waals surface area contributed by atoms with Gasteiger partial charge in [-0.1, -0.05) is 30.1 Å². The number of thioether (sulfide) groups is 1. The Morgan fingerprint density at radius 3 is 2.75 bits per heavy atom. The molecule has 0 fully saturated rings. The molecule has 1 rings (SSSR count). The average Bonchev–Trinajstić information content (AvgIpc) is 2.40. The highest BCUT2D eigenvalue weighted by Crippen LogP contribution is 2.29. The highest BCUT2D eigenvalue weighted by Gasteiger charge is 2.15. The van der Waals surface area contributed by atoms with E-state index >= 15 is 0 Å². The van der Waals surface area contributed by atoms with Crippen LogP contribution in [0.25, 0.3) is 0 Å². The minimum Gasteiger partial charge on any atom is -0.480 e. The summed E-state index contributed by atoms with van der Waals surface area (Å²) in [5.74, 6) is -0.0198. The molecule has 1 aromatic carbocycles. The Labute approximate surface area is 134 Å². The Hall–Kier alpha value is -0.420. The minimum atomic E-state index is -0.795. The van der Waals surface area contributed by atoms with Crippen LogP contribution in [0.5, 0.6) is 0 Å². The number of aliphatic carboxylic acids is 1. The Morgan fingerprint density at radius 1 is 1.45 bits per heavy atom. The molecule has 0 heterocycles. The van der Waals surface area contributed by atoms with Crippen molar-refractivity contribution in [1.82, 2.24) is 4.90 Å². The van der Waals surface area contributed by atoms with Crippen LogP contribution in [0.3, 0.4) is 0 Å². The van der Waals surface area contributed by atoms with E-state index in [1.807, 2.05) is 17.9 Å². The van der Waals surface area contributed by atoms with Gasteiger partial charge in [0.2, 0.25) is 0 Å². The molecule has 0 aromatic heterocycles. The number of hydrogen-bond acceptors (Lipinski definition) is 3. The number of carbonyl (C=O) groups is 1. The number of nitrogens with zero attached hydrogens (tertiary/aromatic N) is 1. The second-order valence-corrected chi connectivity index (χ2v) is 6.53. The van der Waals surface area contributed by atoms with Crippen molar-refractivity contribution in [2.75, 3.05) is 18.8 Å². The van der Waals surface area contributed by atoms with Gasteiger partial charge in [0.25, 0.3) is 0 Å². The van der Waals surface area contributed by atoms with Gasteiger partial charge >= 0.3 is 5.97 Å². The smallest absolute Gasteiger partial charge is 0.317 e. The summed E-state index contributed by atoms with van der Waals surface area (Å²) in [7, 11) is 0. The lowest BCUT2D eigenvalue weighted by atomic mass is 10.2. The molecule has 1 atom stereocenters. The Morgan fingerprint density at radius 2 is 2.15 bits per heavy atom. The van der Waals surface area contributed by atoms with E-state index in [1.165, 1.54) is 0 Å². The molecule has 6 heteroatoms. The molecule has 0 aliphatic rings. The summed E-state index contributed by atoms with van der Waals surface area (Å²) in [6, 6.07) is 5.61. The van der Waals surface area contributed by atoms with Gasteiger partial charge in [-0.05, 0) is 31.5 Å². The van der Waals surface area contributed by atoms with Crippen LogP contribution in [0.15, 0.2) is 23.1 Å². The first-order chi connectivity index (χ1) is 9.43. The van der Waals surface area contributed by atoms with E-state index < -0.39 is 5.97 Å². The summed E-state index contributed by atoms with van der Waals surface area (Å²) in [4.78, 5) is 13.8. The monoisotopic (exact) mass is 335 g/mol. The van der Waals surface area contributed by atoms with E-state index in [9.17, 15) is 4.79 Å². The van der Waals surface area contributed by atoms with Crippen molar-refractivity contribution in [1.29, 1.82) is 0 Å². The first-order valence-corrected chi connectivity index (χ1v) is 8.21. The molecule has 0 radical (unpaired) electrons. The lowest BCUT2D eigenvalue weighted by Gasteiger charge is -2.26. The van der Waals surface area contributed by atoms with Crippen molar-refractivity contribution in [2.45, 2.75) is 31.2 Å². The first-order valence-electron chi connectivity index (χ1n) is 6.47. The fraction of sp³-hybridized carbons (Fsp3) is 0.500. The van der Waals surface area contributed by atoms with E-state index in [0.29, 0.717) is 16.6 Å². The van der Waals surface area contributed by atoms with Crippen molar-refractivity contribution in [3.8, 4) is 0 Å². The molecular weight excluding hydrogens is 317 g/mol. The minimum absolute atomic E-state index is 0.0683. The van der Waals surface area contributed by atoms with Crippen molar-refractivity contribution in [3.63, 3.8) is 0 Å². The molecule has 0 spiro atoms. The van der Waals surface area contributed by atoms with Gasteiger partial charge in [-0.3, -0.25) is 9.69 Å². The molecule has 1 unspecified atom stereocenters. The third-order valence-electron chi connectivity index (χ3n) is 3.08. The van der Waals surface area contributed by atoms with Crippen LogP contribution in [0.2, 0.25) is 10.0 Å². The van der Waals surface area contributed by atoms with Crippen LogP contribution in [0, 0.1) is 0 Å². The van der Waals surface area contributed by atoms with Crippen LogP contribution in [0.1, 0.15) is 20.3 Å². The van der Waals surface area contributed by atoms with Gasteiger partial charge < -0.3 is 5.11 Å². The summed E-state index contributed by atoms with van der Waals surface area (Å²) in [6.07, 6.45) is 0.926. The predicted octanol–water partition coefficient (Wildman–Crippen LogP) is 4.27. The fourth-order valence-corrected chi connectivity index (χ4v) is 3.23. The molecule has 0 amide bonds. The van der Waals surface area contributed by atoms with Crippen LogP contribution < -0.4 is 0 Å². The number of rotatable bonds is 8. The number of carboxylic acids is 1. The van der Waals surface area contributed by atoms with Crippen LogP contribution >= 0.6 is 35.0 Å². The molecule has 20 heavy (non-hydrogen) atoms. The van der Waals surface area contributed by atoms with Gasteiger partial charge in [-0.25, -0.2) is 0 Å². The normalized spacial score (nSPS) is 12.7. The third kappa shape index (κ3) is 5.92. The number of halogens is 2. The van der Waals surface area contributed by atoms with Gasteiger partial charge in [0, 0.05) is 28.3 Å². The van der Waals surface area contributed by atoms with Crippen molar-refractivity contribution in [2.24, 2.45) is 0 Å². The number of carboxylic acid groups (broad SMARTS) is 1. The summed E-state index contributed by atoms with van der Waals surface area (Å²) in [5, 5.41) is 10.3. The molecule has 0 aliphatic heterocycles. The summed E-state index contributed by atoms with van der Waals surface area (Å²) in [5.41, 5.74) is 0.